The van der Waals surface area contributed by atoms with Crippen molar-refractivity contribution in [2.24, 2.45) is 11.7 Å². The van der Waals surface area contributed by atoms with Crippen molar-refractivity contribution >= 4 is 5.97 Å². The summed E-state index contributed by atoms with van der Waals surface area (Å²) in [5.41, 5.74) is 7.89. The average molecular weight is 291 g/mol. The Balaban J connectivity index is 1.90. The van der Waals surface area contributed by atoms with Gasteiger partial charge in [-0.3, -0.25) is 4.79 Å². The molecule has 0 amide bonds. The molecule has 2 rings (SSSR count). The third-order valence-electron chi connectivity index (χ3n) is 4.65. The molecule has 4 nitrogen and oxygen atoms in total. The predicted molar refractivity (Wildman–Crippen MR) is 82.3 cm³/mol. The van der Waals surface area contributed by atoms with Crippen LogP contribution in [0.4, 0.5) is 0 Å². The van der Waals surface area contributed by atoms with Crippen LogP contribution in [-0.2, 0) is 9.53 Å². The van der Waals surface area contributed by atoms with E-state index in [-0.39, 0.29) is 11.9 Å². The van der Waals surface area contributed by atoms with E-state index < -0.39 is 5.54 Å². The van der Waals surface area contributed by atoms with Crippen molar-refractivity contribution in [2.75, 3.05) is 13.7 Å². The van der Waals surface area contributed by atoms with Crippen LogP contribution in [0.15, 0.2) is 18.2 Å². The first-order valence-electron chi connectivity index (χ1n) is 7.54. The summed E-state index contributed by atoms with van der Waals surface area (Å²) in [5.74, 6) is 0.712. The van der Waals surface area contributed by atoms with Gasteiger partial charge < -0.3 is 15.2 Å². The molecular weight excluding hydrogens is 266 g/mol. The van der Waals surface area contributed by atoms with E-state index in [2.05, 4.69) is 19.9 Å². The van der Waals surface area contributed by atoms with Gasteiger partial charge in [-0.2, -0.15) is 0 Å². The minimum atomic E-state index is -0.832. The number of methoxy groups -OCH3 is 1. The van der Waals surface area contributed by atoms with E-state index in [0.29, 0.717) is 13.0 Å². The smallest absolute Gasteiger partial charge is 0.326 e. The van der Waals surface area contributed by atoms with E-state index in [4.69, 9.17) is 15.2 Å². The Morgan fingerprint density at radius 1 is 1.38 bits per heavy atom. The Morgan fingerprint density at radius 3 is 2.81 bits per heavy atom. The molecular formula is C17H25NO3. The number of ether oxygens (including phenoxy) is 2. The molecule has 2 unspecified atom stereocenters. The standard InChI is InChI=1S/C17H25NO3/c1-12-6-7-15(11-13(12)2)21-10-8-14-5-4-9-17(14,18)16(19)20-3/h6-7,11,14H,4-5,8-10,18H2,1-3H3. The molecule has 0 aromatic heterocycles. The predicted octanol–water partition coefficient (Wildman–Crippen LogP) is 2.74. The molecule has 2 N–H and O–H groups in total. The summed E-state index contributed by atoms with van der Waals surface area (Å²) in [6.45, 7) is 4.72. The minimum Gasteiger partial charge on any atom is -0.494 e. The molecule has 0 spiro atoms. The van der Waals surface area contributed by atoms with Gasteiger partial charge in [0.25, 0.3) is 0 Å². The number of carbonyl (C=O) groups excluding carboxylic acids is 1. The normalized spacial score (nSPS) is 24.9. The van der Waals surface area contributed by atoms with Crippen LogP contribution in [0, 0.1) is 19.8 Å². The Kier molecular flexibility index (Phi) is 4.88. The average Bonchev–Trinajstić information content (AvgIpc) is 2.84. The number of rotatable bonds is 5. The van der Waals surface area contributed by atoms with Crippen LogP contribution in [0.2, 0.25) is 0 Å². The molecule has 21 heavy (non-hydrogen) atoms. The van der Waals surface area contributed by atoms with Crippen molar-refractivity contribution in [1.29, 1.82) is 0 Å². The lowest BCUT2D eigenvalue weighted by Gasteiger charge is -2.28. The molecule has 0 bridgehead atoms. The first-order chi connectivity index (χ1) is 9.97. The fraction of sp³-hybridized carbons (Fsp3) is 0.588. The highest BCUT2D eigenvalue weighted by Gasteiger charge is 2.46. The number of benzene rings is 1. The highest BCUT2D eigenvalue weighted by Crippen LogP contribution is 2.37. The first kappa shape index (κ1) is 15.8. The second-order valence-corrected chi connectivity index (χ2v) is 6.00. The van der Waals surface area contributed by atoms with Crippen molar-refractivity contribution in [3.05, 3.63) is 29.3 Å². The summed E-state index contributed by atoms with van der Waals surface area (Å²) < 4.78 is 10.7. The van der Waals surface area contributed by atoms with Crippen LogP contribution in [-0.4, -0.2) is 25.2 Å². The molecule has 4 heteroatoms. The monoisotopic (exact) mass is 291 g/mol. The maximum Gasteiger partial charge on any atom is 0.326 e. The van der Waals surface area contributed by atoms with Gasteiger partial charge >= 0.3 is 5.97 Å². The van der Waals surface area contributed by atoms with Crippen LogP contribution in [0.25, 0.3) is 0 Å². The lowest BCUT2D eigenvalue weighted by atomic mass is 9.86. The molecule has 1 saturated carbocycles. The molecule has 2 atom stereocenters. The topological polar surface area (TPSA) is 61.5 Å². The number of hydrogen-bond acceptors (Lipinski definition) is 4. The van der Waals surface area contributed by atoms with Gasteiger partial charge in [-0.15, -0.1) is 0 Å². The summed E-state index contributed by atoms with van der Waals surface area (Å²) >= 11 is 0. The second-order valence-electron chi connectivity index (χ2n) is 6.00. The minimum absolute atomic E-state index is 0.136. The van der Waals surface area contributed by atoms with Gasteiger partial charge in [-0.1, -0.05) is 12.5 Å². The van der Waals surface area contributed by atoms with Crippen molar-refractivity contribution in [1.82, 2.24) is 0 Å². The van der Waals surface area contributed by atoms with Gasteiger partial charge in [0.05, 0.1) is 13.7 Å². The molecule has 0 radical (unpaired) electrons. The highest BCUT2D eigenvalue weighted by atomic mass is 16.5. The second kappa shape index (κ2) is 6.48. The van der Waals surface area contributed by atoms with Gasteiger partial charge in [0.15, 0.2) is 0 Å². The maximum absolute atomic E-state index is 11.9. The van der Waals surface area contributed by atoms with Gasteiger partial charge in [-0.25, -0.2) is 0 Å². The number of nitrogens with two attached hydrogens (primary N) is 1. The third-order valence-corrected chi connectivity index (χ3v) is 4.65. The quantitative estimate of drug-likeness (QED) is 0.847. The van der Waals surface area contributed by atoms with Crippen LogP contribution >= 0.6 is 0 Å². The number of aryl methyl sites for hydroxylation is 2. The van der Waals surface area contributed by atoms with E-state index >= 15 is 0 Å². The van der Waals surface area contributed by atoms with Crippen molar-refractivity contribution in [3.63, 3.8) is 0 Å². The van der Waals surface area contributed by atoms with E-state index in [1.165, 1.54) is 18.2 Å². The maximum atomic E-state index is 11.9. The van der Waals surface area contributed by atoms with Gasteiger partial charge in [0, 0.05) is 0 Å². The molecule has 1 aliphatic carbocycles. The van der Waals surface area contributed by atoms with Crippen LogP contribution in [0.5, 0.6) is 5.75 Å². The Labute approximate surface area is 126 Å². The molecule has 0 heterocycles. The highest BCUT2D eigenvalue weighted by molar-refractivity contribution is 5.81. The van der Waals surface area contributed by atoms with Crippen LogP contribution in [0.3, 0.4) is 0 Å². The third kappa shape index (κ3) is 3.38. The zero-order valence-electron chi connectivity index (χ0n) is 13.1. The zero-order valence-corrected chi connectivity index (χ0v) is 13.1. The lowest BCUT2D eigenvalue weighted by molar-refractivity contribution is -0.148. The van der Waals surface area contributed by atoms with E-state index in [9.17, 15) is 4.79 Å². The first-order valence-corrected chi connectivity index (χ1v) is 7.54. The van der Waals surface area contributed by atoms with E-state index in [0.717, 1.165) is 25.0 Å². The van der Waals surface area contributed by atoms with Gasteiger partial charge in [-0.05, 0) is 62.3 Å². The fourth-order valence-corrected chi connectivity index (χ4v) is 3.09. The number of esters is 1. The molecule has 1 aliphatic rings. The Hall–Kier alpha value is -1.55. The molecule has 1 fully saturated rings. The van der Waals surface area contributed by atoms with E-state index in [1.54, 1.807) is 0 Å². The number of carbonyl (C=O) groups is 1. The SMILES string of the molecule is COC(=O)C1(N)CCCC1CCOc1ccc(C)c(C)c1. The Bertz CT molecular complexity index is 515. The van der Waals surface area contributed by atoms with Crippen LogP contribution < -0.4 is 10.5 Å². The zero-order chi connectivity index (χ0) is 15.5. The summed E-state index contributed by atoms with van der Waals surface area (Å²) in [6, 6.07) is 6.08. The molecule has 0 saturated heterocycles. The molecule has 1 aromatic carbocycles. The van der Waals surface area contributed by atoms with Gasteiger partial charge in [0.1, 0.15) is 11.3 Å². The molecule has 1 aromatic rings. The van der Waals surface area contributed by atoms with Crippen molar-refractivity contribution < 1.29 is 14.3 Å². The van der Waals surface area contributed by atoms with E-state index in [1.807, 2.05) is 12.1 Å². The Morgan fingerprint density at radius 2 is 2.14 bits per heavy atom. The van der Waals surface area contributed by atoms with Gasteiger partial charge in [0.2, 0.25) is 0 Å². The number of hydrogen-bond donors (Lipinski definition) is 1. The molecule has 0 aliphatic heterocycles. The fourth-order valence-electron chi connectivity index (χ4n) is 3.09. The summed E-state index contributed by atoms with van der Waals surface area (Å²) in [4.78, 5) is 11.9. The molecule has 116 valence electrons. The summed E-state index contributed by atoms with van der Waals surface area (Å²) in [6.07, 6.45) is 3.41. The summed E-state index contributed by atoms with van der Waals surface area (Å²) in [5, 5.41) is 0. The van der Waals surface area contributed by atoms with Crippen molar-refractivity contribution in [3.8, 4) is 5.75 Å². The summed E-state index contributed by atoms with van der Waals surface area (Å²) in [7, 11) is 1.40. The van der Waals surface area contributed by atoms with Crippen LogP contribution in [0.1, 0.15) is 36.8 Å². The largest absolute Gasteiger partial charge is 0.494 e. The lowest BCUT2D eigenvalue weighted by Crippen LogP contribution is -2.52. The van der Waals surface area contributed by atoms with Crippen molar-refractivity contribution in [2.45, 2.75) is 45.1 Å².